The van der Waals surface area contributed by atoms with Gasteiger partial charge in [-0.3, -0.25) is 9.59 Å². The average Bonchev–Trinajstić information content (AvgIpc) is 2.15. The summed E-state index contributed by atoms with van der Waals surface area (Å²) in [5, 5.41) is 18.1. The molecule has 1 fully saturated rings. The maximum atomic E-state index is 11.1. The molecular formula is C12H22Na2O4. The Bertz CT molecular complexity index is 308. The van der Waals surface area contributed by atoms with Crippen LogP contribution in [0.2, 0.25) is 0 Å². The molecule has 0 aliphatic heterocycles. The Morgan fingerprint density at radius 1 is 1.00 bits per heavy atom. The van der Waals surface area contributed by atoms with Gasteiger partial charge in [-0.1, -0.05) is 20.8 Å². The van der Waals surface area contributed by atoms with Crippen molar-refractivity contribution < 1.29 is 81.8 Å². The Kier molecular flexibility index (Phi) is 9.77. The van der Waals surface area contributed by atoms with Crippen LogP contribution in [-0.2, 0) is 9.59 Å². The summed E-state index contributed by atoms with van der Waals surface area (Å²) in [4.78, 5) is 22.0. The van der Waals surface area contributed by atoms with Crippen LogP contribution in [0.5, 0.6) is 0 Å². The minimum Gasteiger partial charge on any atom is -1.00 e. The molecule has 2 N–H and O–H groups in total. The third-order valence-corrected chi connectivity index (χ3v) is 3.71. The number of carboxylic acid groups (broad SMARTS) is 2. The first-order valence-corrected chi connectivity index (χ1v) is 5.69. The molecule has 3 unspecified atom stereocenters. The molecule has 0 spiro atoms. The molecule has 1 saturated carbocycles. The smallest absolute Gasteiger partial charge is 1.00 e. The van der Waals surface area contributed by atoms with Gasteiger partial charge in [0.25, 0.3) is 0 Å². The SMILES string of the molecule is CC(C)(C)C1CCC(C(=O)O)C(C(=O)O)C1.[H-].[H-].[Na+].[Na+]. The fourth-order valence-electron chi connectivity index (χ4n) is 2.53. The quantitative estimate of drug-likeness (QED) is 0.513. The van der Waals surface area contributed by atoms with Crippen LogP contribution >= 0.6 is 0 Å². The van der Waals surface area contributed by atoms with Gasteiger partial charge in [0.05, 0.1) is 11.8 Å². The number of hydrogen-bond donors (Lipinski definition) is 2. The largest absolute Gasteiger partial charge is 1.00 e. The summed E-state index contributed by atoms with van der Waals surface area (Å²) in [6, 6.07) is 0. The van der Waals surface area contributed by atoms with Crippen LogP contribution in [0.4, 0.5) is 0 Å². The van der Waals surface area contributed by atoms with E-state index in [0.29, 0.717) is 18.8 Å². The van der Waals surface area contributed by atoms with E-state index in [1.807, 2.05) is 0 Å². The van der Waals surface area contributed by atoms with Crippen LogP contribution in [0.25, 0.3) is 0 Å². The van der Waals surface area contributed by atoms with Crippen LogP contribution in [0.3, 0.4) is 0 Å². The Labute approximate surface area is 155 Å². The predicted molar refractivity (Wildman–Crippen MR) is 61.3 cm³/mol. The molecule has 0 bridgehead atoms. The standard InChI is InChI=1S/C12H20O4.2Na.2H/c1-12(2,3)7-4-5-8(10(13)14)9(6-7)11(15)16;;;;/h7-9H,4-6H2,1-3H3,(H,13,14)(H,15,16);;;;/q;2*+1;2*-1. The Balaban J connectivity index is -0.000000320. The summed E-state index contributed by atoms with van der Waals surface area (Å²) in [5.41, 5.74) is 0.0528. The van der Waals surface area contributed by atoms with Gasteiger partial charge in [0.1, 0.15) is 0 Å². The molecule has 0 amide bonds. The second kappa shape index (κ2) is 8.28. The van der Waals surface area contributed by atoms with E-state index in [0.717, 1.165) is 6.42 Å². The summed E-state index contributed by atoms with van der Waals surface area (Å²) in [7, 11) is 0. The molecule has 0 heterocycles. The van der Waals surface area contributed by atoms with Crippen LogP contribution in [-0.4, -0.2) is 22.2 Å². The van der Waals surface area contributed by atoms with Gasteiger partial charge < -0.3 is 13.1 Å². The van der Waals surface area contributed by atoms with Gasteiger partial charge in [0.15, 0.2) is 0 Å². The van der Waals surface area contributed by atoms with E-state index in [2.05, 4.69) is 20.8 Å². The van der Waals surface area contributed by atoms with E-state index >= 15 is 0 Å². The Morgan fingerprint density at radius 2 is 1.44 bits per heavy atom. The first-order valence-electron chi connectivity index (χ1n) is 5.69. The number of aliphatic carboxylic acids is 2. The van der Waals surface area contributed by atoms with Crippen molar-refractivity contribution in [3.05, 3.63) is 0 Å². The summed E-state index contributed by atoms with van der Waals surface area (Å²) in [6.07, 6.45) is 1.77. The third kappa shape index (κ3) is 5.51. The molecule has 6 heteroatoms. The Hall–Kier alpha value is 0.940. The van der Waals surface area contributed by atoms with Crippen LogP contribution in [0, 0.1) is 23.2 Å². The monoisotopic (exact) mass is 276 g/mol. The molecule has 3 atom stereocenters. The summed E-state index contributed by atoms with van der Waals surface area (Å²) >= 11 is 0. The maximum Gasteiger partial charge on any atom is 1.00 e. The molecule has 0 aromatic rings. The zero-order chi connectivity index (χ0) is 12.5. The van der Waals surface area contributed by atoms with Gasteiger partial charge in [-0.15, -0.1) is 0 Å². The predicted octanol–water partition coefficient (Wildman–Crippen LogP) is -3.53. The zero-order valence-electron chi connectivity index (χ0n) is 14.1. The number of carboxylic acids is 2. The van der Waals surface area contributed by atoms with Crippen LogP contribution < -0.4 is 59.1 Å². The molecule has 18 heavy (non-hydrogen) atoms. The van der Waals surface area contributed by atoms with E-state index in [4.69, 9.17) is 10.2 Å². The molecule has 1 aliphatic carbocycles. The Morgan fingerprint density at radius 3 is 1.78 bits per heavy atom. The number of hydrogen-bond acceptors (Lipinski definition) is 2. The fraction of sp³-hybridized carbons (Fsp3) is 0.833. The molecule has 1 rings (SSSR count). The molecular weight excluding hydrogens is 254 g/mol. The van der Waals surface area contributed by atoms with Crippen molar-refractivity contribution in [3.63, 3.8) is 0 Å². The fourth-order valence-corrected chi connectivity index (χ4v) is 2.53. The topological polar surface area (TPSA) is 74.6 Å². The number of rotatable bonds is 2. The number of carbonyl (C=O) groups is 2. The molecule has 0 aromatic heterocycles. The normalized spacial score (nSPS) is 27.6. The van der Waals surface area contributed by atoms with Crippen molar-refractivity contribution in [2.75, 3.05) is 0 Å². The minimum atomic E-state index is -0.972. The molecule has 0 aromatic carbocycles. The average molecular weight is 276 g/mol. The molecule has 4 nitrogen and oxygen atoms in total. The van der Waals surface area contributed by atoms with Crippen molar-refractivity contribution in [2.45, 2.75) is 40.0 Å². The van der Waals surface area contributed by atoms with E-state index < -0.39 is 23.8 Å². The van der Waals surface area contributed by atoms with Crippen molar-refractivity contribution in [3.8, 4) is 0 Å². The summed E-state index contributed by atoms with van der Waals surface area (Å²) < 4.78 is 0. The van der Waals surface area contributed by atoms with Gasteiger partial charge in [0, 0.05) is 0 Å². The van der Waals surface area contributed by atoms with Gasteiger partial charge in [-0.2, -0.15) is 0 Å². The van der Waals surface area contributed by atoms with Crippen molar-refractivity contribution >= 4 is 11.9 Å². The molecule has 0 saturated heterocycles. The van der Waals surface area contributed by atoms with Crippen molar-refractivity contribution in [1.29, 1.82) is 0 Å². The first-order chi connectivity index (χ1) is 7.23. The van der Waals surface area contributed by atoms with E-state index in [-0.39, 0.29) is 67.4 Å². The van der Waals surface area contributed by atoms with Crippen molar-refractivity contribution in [2.24, 2.45) is 23.2 Å². The van der Waals surface area contributed by atoms with Crippen LogP contribution in [0.15, 0.2) is 0 Å². The third-order valence-electron chi connectivity index (χ3n) is 3.71. The molecule has 0 radical (unpaired) electrons. The summed E-state index contributed by atoms with van der Waals surface area (Å²) in [6.45, 7) is 6.24. The van der Waals surface area contributed by atoms with Gasteiger partial charge in [-0.05, 0) is 30.6 Å². The van der Waals surface area contributed by atoms with E-state index in [1.165, 1.54) is 0 Å². The molecule has 96 valence electrons. The first kappa shape index (κ1) is 21.2. The maximum absolute atomic E-state index is 11.1. The molecule has 1 aliphatic rings. The van der Waals surface area contributed by atoms with Gasteiger partial charge in [-0.25, -0.2) is 0 Å². The van der Waals surface area contributed by atoms with Gasteiger partial charge >= 0.3 is 71.1 Å². The van der Waals surface area contributed by atoms with Crippen LogP contribution in [0.1, 0.15) is 42.9 Å². The van der Waals surface area contributed by atoms with Gasteiger partial charge in [0.2, 0.25) is 0 Å². The van der Waals surface area contributed by atoms with Crippen molar-refractivity contribution in [1.82, 2.24) is 0 Å². The van der Waals surface area contributed by atoms with E-state index in [1.54, 1.807) is 0 Å². The summed E-state index contributed by atoms with van der Waals surface area (Å²) in [5.74, 6) is -3.09. The second-order valence-corrected chi connectivity index (χ2v) is 5.77. The minimum absolute atomic E-state index is 0. The van der Waals surface area contributed by atoms with E-state index in [9.17, 15) is 9.59 Å². The zero-order valence-corrected chi connectivity index (χ0v) is 16.1. The second-order valence-electron chi connectivity index (χ2n) is 5.77.